The van der Waals surface area contributed by atoms with E-state index in [4.69, 9.17) is 14.2 Å². The van der Waals surface area contributed by atoms with Gasteiger partial charge < -0.3 is 38.2 Å². The normalized spacial score (nSPS) is 10.6. The number of halogens is 1. The lowest BCUT2D eigenvalue weighted by atomic mass is 10.1. The summed E-state index contributed by atoms with van der Waals surface area (Å²) in [6.07, 6.45) is 16.8. The van der Waals surface area contributed by atoms with Crippen molar-refractivity contribution in [3.63, 3.8) is 0 Å². The summed E-state index contributed by atoms with van der Waals surface area (Å²) in [6.45, 7) is 5.72. The number of aromatic nitrogens is 1. The maximum absolute atomic E-state index is 13.4. The zero-order chi connectivity index (χ0) is 32.1. The molecular weight excluding hydrogens is 691 g/mol. The number of carbonyl (C=O) groups excluding carboxylic acids is 2. The van der Waals surface area contributed by atoms with Crippen LogP contribution in [0, 0.1) is 0 Å². The second-order valence-electron chi connectivity index (χ2n) is 11.5. The van der Waals surface area contributed by atoms with Crippen molar-refractivity contribution in [2.75, 3.05) is 13.7 Å². The predicted molar refractivity (Wildman–Crippen MR) is 178 cm³/mol. The molecule has 0 atom stereocenters. The molecule has 0 aliphatic rings. The first-order chi connectivity index (χ1) is 22.1. The Hall–Kier alpha value is -3.14. The van der Waals surface area contributed by atoms with E-state index in [-0.39, 0.29) is 37.1 Å². The molecule has 0 aliphatic heterocycles. The van der Waals surface area contributed by atoms with Gasteiger partial charge in [0, 0.05) is 17.7 Å². The van der Waals surface area contributed by atoms with E-state index < -0.39 is 12.0 Å². The third kappa shape index (κ3) is 13.7. The quantitative estimate of drug-likeness (QED) is 0.0754. The summed E-state index contributed by atoms with van der Waals surface area (Å²) in [4.78, 5) is 27.9. The van der Waals surface area contributed by atoms with Crippen LogP contribution in [0.2, 0.25) is 0 Å². The van der Waals surface area contributed by atoms with Gasteiger partial charge >= 0.3 is 6.09 Å². The summed E-state index contributed by atoms with van der Waals surface area (Å²) < 4.78 is 19.3. The number of methoxy groups -OCH3 is 1. The highest BCUT2D eigenvalue weighted by Gasteiger charge is 2.28. The van der Waals surface area contributed by atoms with E-state index in [0.717, 1.165) is 29.0 Å². The van der Waals surface area contributed by atoms with Gasteiger partial charge in [-0.2, -0.15) is 0 Å². The molecule has 0 N–H and O–H groups in total. The lowest BCUT2D eigenvalue weighted by Crippen LogP contribution is -3.00. The Morgan fingerprint density at radius 2 is 1.37 bits per heavy atom. The third-order valence-electron chi connectivity index (χ3n) is 8.03. The number of aryl methyl sites for hydroxylation is 1. The van der Waals surface area contributed by atoms with Crippen molar-refractivity contribution in [1.82, 2.24) is 4.90 Å². The van der Waals surface area contributed by atoms with E-state index in [1.807, 2.05) is 60.2 Å². The van der Waals surface area contributed by atoms with Crippen molar-refractivity contribution in [3.8, 4) is 11.5 Å². The molecule has 0 radical (unpaired) electrons. The van der Waals surface area contributed by atoms with E-state index in [0.29, 0.717) is 30.2 Å². The van der Waals surface area contributed by atoms with Crippen molar-refractivity contribution in [2.45, 2.75) is 111 Å². The van der Waals surface area contributed by atoms with E-state index in [1.54, 1.807) is 31.4 Å². The van der Waals surface area contributed by atoms with Crippen molar-refractivity contribution >= 4 is 12.0 Å². The number of hydrogen-bond donors (Lipinski definition) is 0. The molecule has 8 heteroatoms. The topological polar surface area (TPSA) is 69.0 Å². The summed E-state index contributed by atoms with van der Waals surface area (Å²) in [7, 11) is 1.60. The molecule has 1 aromatic heterocycles. The largest absolute Gasteiger partial charge is 1.00 e. The number of benzene rings is 2. The third-order valence-corrected chi connectivity index (χ3v) is 8.03. The van der Waals surface area contributed by atoms with E-state index in [2.05, 4.69) is 6.92 Å². The maximum atomic E-state index is 13.4. The van der Waals surface area contributed by atoms with Crippen molar-refractivity contribution in [2.24, 2.45) is 0 Å². The van der Waals surface area contributed by atoms with Crippen molar-refractivity contribution in [3.05, 3.63) is 89.7 Å². The molecule has 0 saturated carbocycles. The molecule has 0 bridgehead atoms. The zero-order valence-electron chi connectivity index (χ0n) is 28.1. The molecule has 1 heterocycles. The first kappa shape index (κ1) is 39.0. The fraction of sp³-hybridized carbons (Fsp3) is 0.500. The van der Waals surface area contributed by atoms with E-state index in [9.17, 15) is 9.59 Å². The summed E-state index contributed by atoms with van der Waals surface area (Å²) in [5.41, 5.74) is 2.00. The number of carbonyl (C=O) groups is 2. The molecule has 0 unspecified atom stereocenters. The molecule has 46 heavy (non-hydrogen) atoms. The molecule has 0 spiro atoms. The van der Waals surface area contributed by atoms with Crippen molar-refractivity contribution in [1.29, 1.82) is 0 Å². The highest BCUT2D eigenvalue weighted by Crippen LogP contribution is 2.29. The lowest BCUT2D eigenvalue weighted by molar-refractivity contribution is -0.701. The van der Waals surface area contributed by atoms with Crippen LogP contribution in [0.1, 0.15) is 113 Å². The molecule has 2 amide bonds. The number of nitrogens with zero attached hydrogens (tertiary/aromatic N) is 2. The number of rotatable bonds is 21. The Kier molecular flexibility index (Phi) is 19.7. The van der Waals surface area contributed by atoms with E-state index in [1.165, 1.54) is 64.2 Å². The minimum absolute atomic E-state index is 0. The van der Waals surface area contributed by atoms with Crippen LogP contribution in [0.5, 0.6) is 11.5 Å². The van der Waals surface area contributed by atoms with Gasteiger partial charge in [0.2, 0.25) is 5.69 Å². The average molecular weight is 745 g/mol. The number of hydrogen-bond acceptors (Lipinski definition) is 5. The van der Waals surface area contributed by atoms with Gasteiger partial charge in [-0.1, -0.05) is 108 Å². The molecule has 3 rings (SSSR count). The Labute approximate surface area is 293 Å². The van der Waals surface area contributed by atoms with Crippen LogP contribution in [0.3, 0.4) is 0 Å². The monoisotopic (exact) mass is 744 g/mol. The van der Waals surface area contributed by atoms with Gasteiger partial charge in [-0.25, -0.2) is 14.3 Å². The number of unbranched alkanes of at least 4 members (excludes halogenated alkanes) is 11. The van der Waals surface area contributed by atoms with Gasteiger partial charge in [0.25, 0.3) is 5.91 Å². The molecule has 0 saturated heterocycles. The first-order valence-corrected chi connectivity index (χ1v) is 16.9. The fourth-order valence-corrected chi connectivity index (χ4v) is 5.35. The van der Waals surface area contributed by atoms with Gasteiger partial charge in [-0.15, -0.1) is 0 Å². The summed E-state index contributed by atoms with van der Waals surface area (Å²) >= 11 is 0. The van der Waals surface area contributed by atoms with Crippen LogP contribution in [0.15, 0.2) is 72.9 Å². The molecule has 7 nitrogen and oxygen atoms in total. The summed E-state index contributed by atoms with van der Waals surface area (Å²) in [5, 5.41) is 0. The fourth-order valence-electron chi connectivity index (χ4n) is 5.35. The van der Waals surface area contributed by atoms with Crippen LogP contribution >= 0.6 is 0 Å². The zero-order valence-corrected chi connectivity index (χ0v) is 30.2. The average Bonchev–Trinajstić information content (AvgIpc) is 3.08. The molecular formula is C38H53IN2O5. The predicted octanol–water partition coefficient (Wildman–Crippen LogP) is 6.07. The smallest absolute Gasteiger partial charge is 0.417 e. The van der Waals surface area contributed by atoms with Gasteiger partial charge in [0.05, 0.1) is 13.7 Å². The molecule has 3 aromatic rings. The number of amides is 2. The maximum Gasteiger partial charge on any atom is 0.417 e. The molecule has 0 aliphatic carbocycles. The summed E-state index contributed by atoms with van der Waals surface area (Å²) in [5.74, 6) is 0.851. The second kappa shape index (κ2) is 23.2. The highest BCUT2D eigenvalue weighted by molar-refractivity contribution is 6.02. The molecule has 0 fully saturated rings. The molecule has 252 valence electrons. The van der Waals surface area contributed by atoms with Gasteiger partial charge in [0.15, 0.2) is 17.7 Å². The van der Waals surface area contributed by atoms with Crippen LogP contribution in [0.4, 0.5) is 4.79 Å². The van der Waals surface area contributed by atoms with Crippen LogP contribution < -0.4 is 38.0 Å². The van der Waals surface area contributed by atoms with E-state index >= 15 is 0 Å². The minimum Gasteiger partial charge on any atom is -1.00 e. The van der Waals surface area contributed by atoms with Crippen LogP contribution in [0.25, 0.3) is 0 Å². The summed E-state index contributed by atoms with van der Waals surface area (Å²) in [6, 6.07) is 20.0. The minimum atomic E-state index is -0.707. The Morgan fingerprint density at radius 1 is 0.739 bits per heavy atom. The second-order valence-corrected chi connectivity index (χ2v) is 11.5. The van der Waals surface area contributed by atoms with Gasteiger partial charge in [-0.3, -0.25) is 4.79 Å². The van der Waals surface area contributed by atoms with Crippen molar-refractivity contribution < 1.29 is 52.3 Å². The Balaban J connectivity index is 0.00000736. The Bertz CT molecular complexity index is 1290. The SMILES string of the molecule is CCCCCCCCCCCCCCOc1ccc(COC(=O)N(Cc2cccc[n+]2CC)C(=O)c2ccccc2)cc1OC.[I-]. The molecule has 2 aromatic carbocycles. The number of ether oxygens (including phenoxy) is 3. The number of imide groups is 1. The standard InChI is InChI=1S/C38H53N2O5.HI/c1-4-6-7-8-9-10-11-12-13-14-15-21-28-44-35-26-25-32(29-36(35)43-3)31-45-38(42)40(37(41)33-22-17-16-18-23-33)30-34-24-19-20-27-39(34)5-2;/h16-20,22-27,29H,4-15,21,28,30-31H2,1-3H3;1H/q+1;/p-1. The Morgan fingerprint density at radius 3 is 2.00 bits per heavy atom. The van der Waals surface area contributed by atoms with Crippen LogP contribution in [-0.4, -0.2) is 30.6 Å². The lowest BCUT2D eigenvalue weighted by Gasteiger charge is -2.20. The van der Waals surface area contributed by atoms with Gasteiger partial charge in [0.1, 0.15) is 19.7 Å². The first-order valence-electron chi connectivity index (χ1n) is 16.9. The van der Waals surface area contributed by atoms with Gasteiger partial charge in [-0.05, 0) is 43.2 Å². The van der Waals surface area contributed by atoms with Crippen LogP contribution in [-0.2, 0) is 24.4 Å². The number of pyridine rings is 1. The highest BCUT2D eigenvalue weighted by atomic mass is 127.